The molecule has 4 nitrogen and oxygen atoms in total. The summed E-state index contributed by atoms with van der Waals surface area (Å²) in [5.74, 6) is 0.296. The molecule has 0 aliphatic carbocycles. The molecule has 0 aromatic carbocycles. The fourth-order valence-electron chi connectivity index (χ4n) is 1.14. The first-order valence-electron chi connectivity index (χ1n) is 3.66. The fourth-order valence-corrected chi connectivity index (χ4v) is 1.14. The summed E-state index contributed by atoms with van der Waals surface area (Å²) in [6.07, 6.45) is 1.08. The van der Waals surface area contributed by atoms with E-state index in [0.717, 1.165) is 12.8 Å². The molecule has 0 saturated heterocycles. The highest BCUT2D eigenvalue weighted by atomic mass is 16.6. The van der Waals surface area contributed by atoms with Crippen molar-refractivity contribution in [3.05, 3.63) is 0 Å². The molecule has 0 bridgehead atoms. The van der Waals surface area contributed by atoms with Crippen LogP contribution in [0, 0.1) is 0 Å². The minimum absolute atomic E-state index is 0.296. The minimum Gasteiger partial charge on any atom is -0.433 e. The van der Waals surface area contributed by atoms with Crippen LogP contribution in [-0.4, -0.2) is 17.5 Å². The van der Waals surface area contributed by atoms with Crippen LogP contribution in [0.1, 0.15) is 26.7 Å². The van der Waals surface area contributed by atoms with E-state index in [1.165, 1.54) is 0 Å². The van der Waals surface area contributed by atoms with Crippen LogP contribution in [0.5, 0.6) is 0 Å². The second kappa shape index (κ2) is 2.53. The lowest BCUT2D eigenvalue weighted by Crippen LogP contribution is -2.39. The fraction of sp³-hybridized carbons (Fsp3) is 0.714. The molecule has 1 aliphatic heterocycles. The SMILES string of the molecule is CCCC1(C)OC(=O)N=C1N. The van der Waals surface area contributed by atoms with E-state index in [2.05, 4.69) is 4.99 Å². The Labute approximate surface area is 65.4 Å². The Kier molecular flexibility index (Phi) is 1.85. The smallest absolute Gasteiger partial charge is 0.433 e. The van der Waals surface area contributed by atoms with Gasteiger partial charge in [0.15, 0.2) is 11.4 Å². The molecule has 4 heteroatoms. The van der Waals surface area contributed by atoms with Gasteiger partial charge in [0.25, 0.3) is 0 Å². The van der Waals surface area contributed by atoms with E-state index in [-0.39, 0.29) is 0 Å². The molecule has 0 aromatic heterocycles. The predicted octanol–water partition coefficient (Wildman–Crippen LogP) is 1.05. The number of nitrogens with zero attached hydrogens (tertiary/aromatic N) is 1. The molecule has 0 aromatic rings. The first-order chi connectivity index (χ1) is 5.08. The summed E-state index contributed by atoms with van der Waals surface area (Å²) in [6, 6.07) is 0. The van der Waals surface area contributed by atoms with E-state index in [1.807, 2.05) is 6.92 Å². The van der Waals surface area contributed by atoms with Gasteiger partial charge in [-0.05, 0) is 13.3 Å². The van der Waals surface area contributed by atoms with Gasteiger partial charge >= 0.3 is 6.09 Å². The second-order valence-electron chi connectivity index (χ2n) is 2.85. The maximum Gasteiger partial charge on any atom is 0.436 e. The van der Waals surface area contributed by atoms with Gasteiger partial charge in [0.1, 0.15) is 0 Å². The van der Waals surface area contributed by atoms with Gasteiger partial charge in [-0.15, -0.1) is 0 Å². The molecule has 1 rings (SSSR count). The maximum atomic E-state index is 10.7. The van der Waals surface area contributed by atoms with Crippen molar-refractivity contribution in [2.24, 2.45) is 10.7 Å². The topological polar surface area (TPSA) is 64.7 Å². The Balaban J connectivity index is 2.74. The van der Waals surface area contributed by atoms with E-state index >= 15 is 0 Å². The number of cyclic esters (lactones) is 1. The molecule has 1 atom stereocenters. The number of carbonyl (C=O) groups excluding carboxylic acids is 1. The van der Waals surface area contributed by atoms with Crippen molar-refractivity contribution in [1.82, 2.24) is 0 Å². The molecule has 1 aliphatic rings. The molecule has 0 radical (unpaired) electrons. The molecule has 1 unspecified atom stereocenters. The van der Waals surface area contributed by atoms with Gasteiger partial charge in [-0.3, -0.25) is 0 Å². The van der Waals surface area contributed by atoms with Crippen molar-refractivity contribution in [1.29, 1.82) is 0 Å². The monoisotopic (exact) mass is 156 g/mol. The summed E-state index contributed by atoms with van der Waals surface area (Å²) < 4.78 is 4.93. The number of hydrogen-bond acceptors (Lipinski definition) is 3. The van der Waals surface area contributed by atoms with Crippen LogP contribution >= 0.6 is 0 Å². The largest absolute Gasteiger partial charge is 0.436 e. The Hall–Kier alpha value is -1.06. The quantitative estimate of drug-likeness (QED) is 0.650. The van der Waals surface area contributed by atoms with Crippen molar-refractivity contribution in [3.8, 4) is 0 Å². The average molecular weight is 156 g/mol. The Morgan fingerprint density at radius 1 is 1.73 bits per heavy atom. The summed E-state index contributed by atoms with van der Waals surface area (Å²) in [5.41, 5.74) is 4.85. The third-order valence-electron chi connectivity index (χ3n) is 1.79. The lowest BCUT2D eigenvalue weighted by molar-refractivity contribution is 0.0872. The normalized spacial score (nSPS) is 30.0. The number of ether oxygens (including phenoxy) is 1. The van der Waals surface area contributed by atoms with E-state index in [4.69, 9.17) is 10.5 Å². The molecule has 1 heterocycles. The lowest BCUT2D eigenvalue weighted by atomic mass is 10.00. The zero-order valence-electron chi connectivity index (χ0n) is 6.76. The van der Waals surface area contributed by atoms with Gasteiger partial charge in [-0.1, -0.05) is 13.3 Å². The van der Waals surface area contributed by atoms with Crippen molar-refractivity contribution in [3.63, 3.8) is 0 Å². The number of nitrogens with two attached hydrogens (primary N) is 1. The van der Waals surface area contributed by atoms with Crippen LogP contribution in [0.15, 0.2) is 4.99 Å². The molecule has 2 N–H and O–H groups in total. The van der Waals surface area contributed by atoms with E-state index < -0.39 is 11.7 Å². The molecular weight excluding hydrogens is 144 g/mol. The highest BCUT2D eigenvalue weighted by Gasteiger charge is 2.38. The first kappa shape index (κ1) is 8.04. The van der Waals surface area contributed by atoms with E-state index in [9.17, 15) is 4.79 Å². The molecule has 0 spiro atoms. The third kappa shape index (κ3) is 1.34. The summed E-state index contributed by atoms with van der Waals surface area (Å²) in [5, 5.41) is 0. The van der Waals surface area contributed by atoms with Gasteiger partial charge in [0.2, 0.25) is 0 Å². The third-order valence-corrected chi connectivity index (χ3v) is 1.79. The Morgan fingerprint density at radius 3 is 2.73 bits per heavy atom. The van der Waals surface area contributed by atoms with Gasteiger partial charge < -0.3 is 10.5 Å². The number of amidine groups is 1. The number of rotatable bonds is 2. The highest BCUT2D eigenvalue weighted by molar-refractivity contribution is 6.01. The number of carbonyl (C=O) groups is 1. The van der Waals surface area contributed by atoms with Crippen LogP contribution in [0.25, 0.3) is 0 Å². The number of amides is 1. The van der Waals surface area contributed by atoms with E-state index in [0.29, 0.717) is 5.84 Å². The zero-order chi connectivity index (χ0) is 8.48. The van der Waals surface area contributed by atoms with Crippen LogP contribution in [-0.2, 0) is 4.74 Å². The average Bonchev–Trinajstić information content (AvgIpc) is 2.08. The maximum absolute atomic E-state index is 10.7. The van der Waals surface area contributed by atoms with Crippen LogP contribution in [0.4, 0.5) is 4.79 Å². The summed E-state index contributed by atoms with van der Waals surface area (Å²) in [6.45, 7) is 3.78. The van der Waals surface area contributed by atoms with Crippen molar-refractivity contribution < 1.29 is 9.53 Å². The van der Waals surface area contributed by atoms with Gasteiger partial charge in [0.05, 0.1) is 0 Å². The highest BCUT2D eigenvalue weighted by Crippen LogP contribution is 2.23. The summed E-state index contributed by atoms with van der Waals surface area (Å²) >= 11 is 0. The van der Waals surface area contributed by atoms with Crippen LogP contribution < -0.4 is 5.73 Å². The zero-order valence-corrected chi connectivity index (χ0v) is 6.76. The Bertz CT molecular complexity index is 212. The number of aliphatic imine (C=N–C) groups is 1. The van der Waals surface area contributed by atoms with Crippen molar-refractivity contribution >= 4 is 11.9 Å². The predicted molar refractivity (Wildman–Crippen MR) is 41.4 cm³/mol. The van der Waals surface area contributed by atoms with Gasteiger partial charge in [-0.25, -0.2) is 4.79 Å². The van der Waals surface area contributed by atoms with Gasteiger partial charge in [0, 0.05) is 0 Å². The van der Waals surface area contributed by atoms with Crippen LogP contribution in [0.2, 0.25) is 0 Å². The Morgan fingerprint density at radius 2 is 2.36 bits per heavy atom. The minimum atomic E-state index is -0.647. The molecule has 62 valence electrons. The van der Waals surface area contributed by atoms with Crippen molar-refractivity contribution in [2.75, 3.05) is 0 Å². The lowest BCUT2D eigenvalue weighted by Gasteiger charge is -2.21. The molecule has 1 amide bonds. The molecular formula is C7H12N2O2. The van der Waals surface area contributed by atoms with Crippen LogP contribution in [0.3, 0.4) is 0 Å². The van der Waals surface area contributed by atoms with Crippen molar-refractivity contribution in [2.45, 2.75) is 32.3 Å². The second-order valence-corrected chi connectivity index (χ2v) is 2.85. The summed E-state index contributed by atoms with van der Waals surface area (Å²) in [4.78, 5) is 14.1. The van der Waals surface area contributed by atoms with Gasteiger partial charge in [-0.2, -0.15) is 4.99 Å². The number of hydrogen-bond donors (Lipinski definition) is 1. The molecule has 0 saturated carbocycles. The standard InChI is InChI=1S/C7H12N2O2/c1-3-4-7(2)5(8)9-6(10)11-7/h3-4H2,1-2H3,(H2,8,9,10). The molecule has 11 heavy (non-hydrogen) atoms. The summed E-state index contributed by atoms with van der Waals surface area (Å²) in [7, 11) is 0. The first-order valence-corrected chi connectivity index (χ1v) is 3.66. The van der Waals surface area contributed by atoms with E-state index in [1.54, 1.807) is 6.92 Å². The molecule has 0 fully saturated rings.